The molecule has 46 heavy (non-hydrogen) atoms. The minimum Gasteiger partial charge on any atom is -0.489 e. The predicted octanol–water partition coefficient (Wildman–Crippen LogP) is 7.19. The number of imide groups is 1. The highest BCUT2D eigenvalue weighted by Gasteiger charge is 2.35. The maximum absolute atomic E-state index is 13.8. The Morgan fingerprint density at radius 2 is 1.46 bits per heavy atom. The molecule has 4 aromatic carbocycles. The maximum atomic E-state index is 13.8. The molecule has 0 unspecified atom stereocenters. The SMILES string of the molecule is CC1=C(C#N)C(=O)N(Cc2ccc(F)cc2)C(=O)/C1=C/c1cn(-c2ccccc2)nc1-c1ccc(OCc2ccc(F)cc2)cc1. The van der Waals surface area contributed by atoms with Gasteiger partial charge in [0, 0.05) is 22.9 Å². The number of nitriles is 1. The summed E-state index contributed by atoms with van der Waals surface area (Å²) in [5.41, 5.74) is 4.32. The minimum absolute atomic E-state index is 0.122. The van der Waals surface area contributed by atoms with Gasteiger partial charge in [-0.05, 0) is 90.4 Å². The Bertz CT molecular complexity index is 2020. The summed E-state index contributed by atoms with van der Waals surface area (Å²) < 4.78 is 34.3. The van der Waals surface area contributed by atoms with E-state index in [0.29, 0.717) is 22.6 Å². The number of nitrogens with zero attached hydrogens (tertiary/aromatic N) is 4. The number of rotatable bonds is 8. The summed E-state index contributed by atoms with van der Waals surface area (Å²) in [5, 5.41) is 14.7. The number of hydrogen-bond acceptors (Lipinski definition) is 5. The number of hydrogen-bond donors (Lipinski definition) is 0. The molecule has 1 aliphatic heterocycles. The third kappa shape index (κ3) is 6.23. The lowest BCUT2D eigenvalue weighted by Crippen LogP contribution is -2.42. The van der Waals surface area contributed by atoms with Crippen molar-refractivity contribution in [3.05, 3.63) is 154 Å². The van der Waals surface area contributed by atoms with Crippen molar-refractivity contribution in [2.24, 2.45) is 0 Å². The van der Waals surface area contributed by atoms with E-state index in [-0.39, 0.29) is 35.7 Å². The lowest BCUT2D eigenvalue weighted by Gasteiger charge is -2.27. The van der Waals surface area contributed by atoms with Gasteiger partial charge in [-0.1, -0.05) is 42.5 Å². The summed E-state index contributed by atoms with van der Waals surface area (Å²) >= 11 is 0. The highest BCUT2D eigenvalue weighted by molar-refractivity contribution is 6.19. The fourth-order valence-corrected chi connectivity index (χ4v) is 5.09. The van der Waals surface area contributed by atoms with Crippen molar-refractivity contribution < 1.29 is 23.1 Å². The molecule has 9 heteroatoms. The quantitative estimate of drug-likeness (QED) is 0.137. The third-order valence-electron chi connectivity index (χ3n) is 7.59. The summed E-state index contributed by atoms with van der Waals surface area (Å²) in [6, 6.07) is 30.3. The van der Waals surface area contributed by atoms with Gasteiger partial charge in [0.1, 0.15) is 35.6 Å². The zero-order chi connectivity index (χ0) is 32.2. The number of amides is 2. The summed E-state index contributed by atoms with van der Waals surface area (Å²) in [7, 11) is 0. The Kier molecular flexibility index (Phi) is 8.35. The van der Waals surface area contributed by atoms with Gasteiger partial charge in [0.05, 0.1) is 17.9 Å². The second-order valence-electron chi connectivity index (χ2n) is 10.6. The number of ether oxygens (including phenoxy) is 1. The van der Waals surface area contributed by atoms with Gasteiger partial charge in [0.2, 0.25) is 0 Å². The molecule has 0 saturated heterocycles. The molecule has 6 rings (SSSR count). The summed E-state index contributed by atoms with van der Waals surface area (Å²) in [4.78, 5) is 28.0. The molecule has 1 aliphatic rings. The number of halogens is 2. The van der Waals surface area contributed by atoms with Crippen LogP contribution in [0, 0.1) is 23.0 Å². The van der Waals surface area contributed by atoms with Crippen molar-refractivity contribution in [1.29, 1.82) is 5.26 Å². The van der Waals surface area contributed by atoms with Crippen LogP contribution in [0.4, 0.5) is 8.78 Å². The van der Waals surface area contributed by atoms with E-state index >= 15 is 0 Å². The monoisotopic (exact) mass is 612 g/mol. The first-order chi connectivity index (χ1) is 22.3. The molecular formula is C37H26F2N4O3. The van der Waals surface area contributed by atoms with Crippen LogP contribution in [0.25, 0.3) is 23.0 Å². The molecule has 0 atom stereocenters. The molecule has 0 fully saturated rings. The fraction of sp³-hybridized carbons (Fsp3) is 0.0811. The molecule has 7 nitrogen and oxygen atoms in total. The summed E-state index contributed by atoms with van der Waals surface area (Å²) in [6.45, 7) is 1.72. The highest BCUT2D eigenvalue weighted by atomic mass is 19.1. The van der Waals surface area contributed by atoms with Crippen molar-refractivity contribution >= 4 is 17.9 Å². The van der Waals surface area contributed by atoms with E-state index in [0.717, 1.165) is 21.7 Å². The molecule has 0 spiro atoms. The van der Waals surface area contributed by atoms with Crippen LogP contribution in [0.2, 0.25) is 0 Å². The second kappa shape index (κ2) is 12.8. The van der Waals surface area contributed by atoms with Gasteiger partial charge in [-0.15, -0.1) is 0 Å². The first kappa shape index (κ1) is 29.9. The van der Waals surface area contributed by atoms with Crippen LogP contribution in [0.3, 0.4) is 0 Å². The van der Waals surface area contributed by atoms with Crippen molar-refractivity contribution in [2.75, 3.05) is 0 Å². The van der Waals surface area contributed by atoms with Crippen LogP contribution < -0.4 is 4.74 Å². The fourth-order valence-electron chi connectivity index (χ4n) is 5.09. The van der Waals surface area contributed by atoms with Gasteiger partial charge in [-0.2, -0.15) is 10.4 Å². The van der Waals surface area contributed by atoms with Crippen LogP contribution in [0.5, 0.6) is 5.75 Å². The lowest BCUT2D eigenvalue weighted by molar-refractivity contribution is -0.141. The normalized spacial score (nSPS) is 14.1. The molecule has 2 amide bonds. The van der Waals surface area contributed by atoms with Gasteiger partial charge in [0.25, 0.3) is 11.8 Å². The Morgan fingerprint density at radius 1 is 0.826 bits per heavy atom. The largest absolute Gasteiger partial charge is 0.489 e. The Hall–Kier alpha value is -6.14. The average Bonchev–Trinajstić information content (AvgIpc) is 3.50. The standard InChI is InChI=1S/C37H26F2N4O3/c1-24-33(36(44)42(37(45)34(24)20-40)21-25-7-13-29(38)14-8-25)19-28-22-43(31-5-3-2-4-6-31)41-35(28)27-11-17-32(18-12-27)46-23-26-9-15-30(39)16-10-26/h2-19,22H,21,23H2,1H3/b33-19+. The molecule has 5 aromatic rings. The second-order valence-corrected chi connectivity index (χ2v) is 10.6. The first-order valence-electron chi connectivity index (χ1n) is 14.4. The van der Waals surface area contributed by atoms with E-state index in [2.05, 4.69) is 0 Å². The van der Waals surface area contributed by atoms with Gasteiger partial charge in [-0.25, -0.2) is 13.5 Å². The number of carbonyl (C=O) groups is 2. The van der Waals surface area contributed by atoms with Crippen molar-refractivity contribution in [3.8, 4) is 28.8 Å². The van der Waals surface area contributed by atoms with E-state index in [1.54, 1.807) is 48.1 Å². The van der Waals surface area contributed by atoms with Gasteiger partial charge in [-0.3, -0.25) is 14.5 Å². The van der Waals surface area contributed by atoms with Crippen molar-refractivity contribution in [1.82, 2.24) is 14.7 Å². The smallest absolute Gasteiger partial charge is 0.271 e. The highest BCUT2D eigenvalue weighted by Crippen LogP contribution is 2.32. The van der Waals surface area contributed by atoms with Crippen LogP contribution in [-0.2, 0) is 22.7 Å². The van der Waals surface area contributed by atoms with E-state index in [9.17, 15) is 23.6 Å². The van der Waals surface area contributed by atoms with E-state index in [1.807, 2.05) is 48.5 Å². The topological polar surface area (TPSA) is 88.2 Å². The van der Waals surface area contributed by atoms with E-state index in [1.165, 1.54) is 36.4 Å². The molecule has 226 valence electrons. The molecule has 2 heterocycles. The molecule has 0 saturated carbocycles. The number of aromatic nitrogens is 2. The van der Waals surface area contributed by atoms with Crippen LogP contribution in [0.15, 0.2) is 126 Å². The Labute approximate surface area is 263 Å². The Balaban J connectivity index is 1.37. The number of carbonyl (C=O) groups excluding carboxylic acids is 2. The summed E-state index contributed by atoms with van der Waals surface area (Å²) in [5.74, 6) is -1.43. The van der Waals surface area contributed by atoms with E-state index in [4.69, 9.17) is 9.84 Å². The zero-order valence-corrected chi connectivity index (χ0v) is 24.7. The molecular weight excluding hydrogens is 586 g/mol. The van der Waals surface area contributed by atoms with Crippen LogP contribution in [0.1, 0.15) is 23.6 Å². The average molecular weight is 613 g/mol. The first-order valence-corrected chi connectivity index (χ1v) is 14.4. The molecule has 0 bridgehead atoms. The minimum atomic E-state index is -0.706. The maximum Gasteiger partial charge on any atom is 0.271 e. The number of benzene rings is 4. The van der Waals surface area contributed by atoms with Crippen LogP contribution >= 0.6 is 0 Å². The van der Waals surface area contributed by atoms with Crippen molar-refractivity contribution in [2.45, 2.75) is 20.1 Å². The molecule has 0 radical (unpaired) electrons. The zero-order valence-electron chi connectivity index (χ0n) is 24.7. The lowest BCUT2D eigenvalue weighted by atomic mass is 9.93. The predicted molar refractivity (Wildman–Crippen MR) is 168 cm³/mol. The van der Waals surface area contributed by atoms with Gasteiger partial charge >= 0.3 is 0 Å². The van der Waals surface area contributed by atoms with Gasteiger partial charge < -0.3 is 4.74 Å². The third-order valence-corrected chi connectivity index (χ3v) is 7.59. The van der Waals surface area contributed by atoms with Gasteiger partial charge in [0.15, 0.2) is 0 Å². The van der Waals surface area contributed by atoms with Crippen LogP contribution in [-0.4, -0.2) is 26.5 Å². The number of para-hydroxylation sites is 1. The molecule has 1 aromatic heterocycles. The van der Waals surface area contributed by atoms with E-state index < -0.39 is 17.6 Å². The molecule has 0 N–H and O–H groups in total. The van der Waals surface area contributed by atoms with Crippen molar-refractivity contribution in [3.63, 3.8) is 0 Å². The Morgan fingerprint density at radius 3 is 2.09 bits per heavy atom. The molecule has 0 aliphatic carbocycles. The summed E-state index contributed by atoms with van der Waals surface area (Å²) in [6.07, 6.45) is 3.42.